The molecular formula is C31H47NO3. The molecule has 1 aromatic rings. The summed E-state index contributed by atoms with van der Waals surface area (Å²) in [6.45, 7) is 9.22. The standard InChI is InChI=1S/C31H47NO3/c1-28-14-12-25(35-21-20-32-18-6-7-19-32)22-24(28)10-11-27-26(28)13-15-29(2)30(33,16-17-31(27,29)34)23-8-4-3-5-9-23/h3-5,8-9,24-27,33-34H,6-7,10-22H2,1-2H3/t24-,25+,26+,27-,28+,29-,30+,31+/m1/s1. The molecule has 0 amide bonds. The highest BCUT2D eigenvalue weighted by Gasteiger charge is 2.72. The van der Waals surface area contributed by atoms with Crippen molar-refractivity contribution in [3.05, 3.63) is 35.9 Å². The number of nitrogens with zero attached hydrogens (tertiary/aromatic N) is 1. The minimum Gasteiger partial charge on any atom is -0.389 e. The number of aliphatic hydroxyl groups is 2. The molecule has 4 aliphatic carbocycles. The minimum atomic E-state index is -0.938. The Morgan fingerprint density at radius 2 is 1.66 bits per heavy atom. The molecule has 1 aromatic carbocycles. The molecule has 6 rings (SSSR count). The number of rotatable bonds is 5. The predicted octanol–water partition coefficient (Wildman–Crippen LogP) is 5.51. The highest BCUT2D eigenvalue weighted by molar-refractivity contribution is 5.32. The average molecular weight is 482 g/mol. The molecule has 0 bridgehead atoms. The molecule has 4 saturated carbocycles. The highest BCUT2D eigenvalue weighted by Crippen LogP contribution is 2.71. The fraction of sp³-hybridized carbons (Fsp3) is 0.806. The Bertz CT molecular complexity index is 902. The Balaban J connectivity index is 1.16. The maximum Gasteiger partial charge on any atom is 0.0978 e. The number of hydrogen-bond acceptors (Lipinski definition) is 4. The van der Waals surface area contributed by atoms with Crippen LogP contribution in [-0.4, -0.2) is 53.1 Å². The van der Waals surface area contributed by atoms with Gasteiger partial charge in [-0.1, -0.05) is 44.2 Å². The molecule has 35 heavy (non-hydrogen) atoms. The van der Waals surface area contributed by atoms with E-state index in [1.165, 1.54) is 51.6 Å². The third-order valence-corrected chi connectivity index (χ3v) is 12.2. The molecule has 5 fully saturated rings. The lowest BCUT2D eigenvalue weighted by Crippen LogP contribution is -2.64. The lowest BCUT2D eigenvalue weighted by Gasteiger charge is -2.64. The van der Waals surface area contributed by atoms with E-state index in [0.29, 0.717) is 35.7 Å². The molecule has 0 unspecified atom stereocenters. The van der Waals surface area contributed by atoms with E-state index in [9.17, 15) is 10.2 Å². The quantitative estimate of drug-likeness (QED) is 0.582. The van der Waals surface area contributed by atoms with E-state index >= 15 is 0 Å². The van der Waals surface area contributed by atoms with Crippen LogP contribution in [0.3, 0.4) is 0 Å². The predicted molar refractivity (Wildman–Crippen MR) is 139 cm³/mol. The van der Waals surface area contributed by atoms with Gasteiger partial charge in [0, 0.05) is 12.0 Å². The molecule has 1 aliphatic heterocycles. The summed E-state index contributed by atoms with van der Waals surface area (Å²) in [5, 5.41) is 24.5. The topological polar surface area (TPSA) is 52.9 Å². The van der Waals surface area contributed by atoms with Gasteiger partial charge in [-0.15, -0.1) is 0 Å². The summed E-state index contributed by atoms with van der Waals surface area (Å²) < 4.78 is 6.43. The van der Waals surface area contributed by atoms with Gasteiger partial charge >= 0.3 is 0 Å². The molecule has 4 nitrogen and oxygen atoms in total. The second-order valence-electron chi connectivity index (χ2n) is 13.3. The molecule has 1 heterocycles. The van der Waals surface area contributed by atoms with E-state index in [4.69, 9.17) is 4.74 Å². The van der Waals surface area contributed by atoms with Crippen molar-refractivity contribution in [2.45, 2.75) is 102 Å². The van der Waals surface area contributed by atoms with Crippen LogP contribution in [0.5, 0.6) is 0 Å². The van der Waals surface area contributed by atoms with Crippen molar-refractivity contribution in [1.82, 2.24) is 4.90 Å². The van der Waals surface area contributed by atoms with Gasteiger partial charge in [-0.2, -0.15) is 0 Å². The molecule has 1 saturated heterocycles. The van der Waals surface area contributed by atoms with Crippen molar-refractivity contribution in [1.29, 1.82) is 0 Å². The van der Waals surface area contributed by atoms with Gasteiger partial charge < -0.3 is 19.8 Å². The van der Waals surface area contributed by atoms with Crippen molar-refractivity contribution in [3.63, 3.8) is 0 Å². The summed E-state index contributed by atoms with van der Waals surface area (Å²) in [4.78, 5) is 2.55. The second kappa shape index (κ2) is 8.82. The molecule has 0 spiro atoms. The molecule has 2 N–H and O–H groups in total. The maximum atomic E-state index is 12.4. The summed E-state index contributed by atoms with van der Waals surface area (Å²) >= 11 is 0. The summed E-state index contributed by atoms with van der Waals surface area (Å²) in [5.41, 5.74) is -0.920. The van der Waals surface area contributed by atoms with Gasteiger partial charge in [0.25, 0.3) is 0 Å². The van der Waals surface area contributed by atoms with Crippen molar-refractivity contribution < 1.29 is 14.9 Å². The monoisotopic (exact) mass is 481 g/mol. The van der Waals surface area contributed by atoms with Crippen LogP contribution >= 0.6 is 0 Å². The SMILES string of the molecule is C[C@]12CC[C@H](OCCN3CCCC3)C[C@H]1CC[C@@H]1[C@@H]2CC[C@]2(C)[C@@](O)(c3ccccc3)CC[C@]12O. The number of benzene rings is 1. The van der Waals surface area contributed by atoms with Gasteiger partial charge in [0.15, 0.2) is 0 Å². The zero-order valence-corrected chi connectivity index (χ0v) is 22.1. The lowest BCUT2D eigenvalue weighted by molar-refractivity contribution is -0.239. The summed E-state index contributed by atoms with van der Waals surface area (Å²) in [6, 6.07) is 10.2. The first-order valence-electron chi connectivity index (χ1n) is 14.6. The molecule has 0 aromatic heterocycles. The third-order valence-electron chi connectivity index (χ3n) is 12.2. The number of likely N-dealkylation sites (tertiary alicyclic amines) is 1. The van der Waals surface area contributed by atoms with Crippen LogP contribution in [0.4, 0.5) is 0 Å². The van der Waals surface area contributed by atoms with E-state index in [-0.39, 0.29) is 0 Å². The van der Waals surface area contributed by atoms with E-state index in [2.05, 4.69) is 30.9 Å². The number of fused-ring (bicyclic) bond motifs is 5. The van der Waals surface area contributed by atoms with Crippen LogP contribution in [-0.2, 0) is 10.3 Å². The molecule has 0 radical (unpaired) electrons. The van der Waals surface area contributed by atoms with Gasteiger partial charge in [0.2, 0.25) is 0 Å². The molecule has 194 valence electrons. The van der Waals surface area contributed by atoms with Crippen LogP contribution in [0.2, 0.25) is 0 Å². The van der Waals surface area contributed by atoms with Crippen LogP contribution in [0.25, 0.3) is 0 Å². The first-order valence-corrected chi connectivity index (χ1v) is 14.6. The fourth-order valence-electron chi connectivity index (χ4n) is 9.89. The molecule has 5 aliphatic rings. The zero-order valence-electron chi connectivity index (χ0n) is 22.1. The van der Waals surface area contributed by atoms with Gasteiger partial charge in [-0.3, -0.25) is 0 Å². The lowest BCUT2D eigenvalue weighted by atomic mass is 9.43. The second-order valence-corrected chi connectivity index (χ2v) is 13.3. The Hall–Kier alpha value is -0.940. The summed E-state index contributed by atoms with van der Waals surface area (Å²) in [6.07, 6.45) is 12.4. The minimum absolute atomic E-state index is 0.294. The molecular weight excluding hydrogens is 434 g/mol. The van der Waals surface area contributed by atoms with Gasteiger partial charge in [0.1, 0.15) is 0 Å². The third kappa shape index (κ3) is 3.60. The van der Waals surface area contributed by atoms with E-state index in [1.54, 1.807) is 0 Å². The van der Waals surface area contributed by atoms with Crippen molar-refractivity contribution in [2.24, 2.45) is 28.6 Å². The van der Waals surface area contributed by atoms with Crippen molar-refractivity contribution in [2.75, 3.05) is 26.2 Å². The van der Waals surface area contributed by atoms with Crippen LogP contribution in [0.15, 0.2) is 30.3 Å². The van der Waals surface area contributed by atoms with E-state index < -0.39 is 16.6 Å². The number of hydrogen-bond donors (Lipinski definition) is 2. The fourth-order valence-corrected chi connectivity index (χ4v) is 9.89. The number of ether oxygens (including phenoxy) is 1. The van der Waals surface area contributed by atoms with Crippen molar-refractivity contribution >= 4 is 0 Å². The Kier molecular flexibility index (Phi) is 6.15. The first-order chi connectivity index (χ1) is 16.8. The molecule has 4 heteroatoms. The van der Waals surface area contributed by atoms with Gasteiger partial charge in [-0.25, -0.2) is 0 Å². The van der Waals surface area contributed by atoms with Crippen LogP contribution in [0.1, 0.15) is 90.0 Å². The van der Waals surface area contributed by atoms with E-state index in [0.717, 1.165) is 44.4 Å². The average Bonchev–Trinajstić information content (AvgIpc) is 3.46. The van der Waals surface area contributed by atoms with Gasteiger partial charge in [0.05, 0.1) is 23.9 Å². The Labute approximate surface area is 212 Å². The Morgan fingerprint density at radius 1 is 0.886 bits per heavy atom. The summed E-state index contributed by atoms with van der Waals surface area (Å²) in [7, 11) is 0. The van der Waals surface area contributed by atoms with Crippen LogP contribution < -0.4 is 0 Å². The largest absolute Gasteiger partial charge is 0.389 e. The normalized spacial score (nSPS) is 47.8. The van der Waals surface area contributed by atoms with E-state index in [1.807, 2.05) is 18.2 Å². The molecule has 8 atom stereocenters. The first kappa shape index (κ1) is 24.4. The van der Waals surface area contributed by atoms with Crippen molar-refractivity contribution in [3.8, 4) is 0 Å². The smallest absolute Gasteiger partial charge is 0.0978 e. The Morgan fingerprint density at radius 3 is 2.43 bits per heavy atom. The maximum absolute atomic E-state index is 12.4. The summed E-state index contributed by atoms with van der Waals surface area (Å²) in [5.74, 6) is 1.56. The highest BCUT2D eigenvalue weighted by atomic mass is 16.5. The van der Waals surface area contributed by atoms with Gasteiger partial charge in [-0.05, 0) is 112 Å². The van der Waals surface area contributed by atoms with Crippen LogP contribution in [0, 0.1) is 28.6 Å². The zero-order chi connectivity index (χ0) is 24.3.